The van der Waals surface area contributed by atoms with Crippen LogP contribution >= 0.6 is 0 Å². The maximum atomic E-state index is 5.58. The van der Waals surface area contributed by atoms with Crippen LogP contribution in [0.5, 0.6) is 5.75 Å². The van der Waals surface area contributed by atoms with Gasteiger partial charge in [-0.25, -0.2) is 0 Å². The molecule has 2 aliphatic rings. The van der Waals surface area contributed by atoms with Gasteiger partial charge in [0, 0.05) is 0 Å². The van der Waals surface area contributed by atoms with Crippen LogP contribution in [0.1, 0.15) is 87.2 Å². The van der Waals surface area contributed by atoms with Crippen molar-refractivity contribution in [3.8, 4) is 5.75 Å². The van der Waals surface area contributed by atoms with Gasteiger partial charge in [-0.15, -0.1) is 0 Å². The van der Waals surface area contributed by atoms with Crippen molar-refractivity contribution in [3.63, 3.8) is 0 Å². The molecule has 0 bridgehead atoms. The van der Waals surface area contributed by atoms with E-state index < -0.39 is 0 Å². The molecule has 110 valence electrons. The molecule has 3 rings (SSSR count). The zero-order valence-electron chi connectivity index (χ0n) is 12.9. The first-order valence-electron chi connectivity index (χ1n) is 8.55. The van der Waals surface area contributed by atoms with E-state index in [1.54, 1.807) is 11.1 Å². The third kappa shape index (κ3) is 3.19. The fourth-order valence-corrected chi connectivity index (χ4v) is 4.11. The third-order valence-corrected chi connectivity index (χ3v) is 5.34. The minimum atomic E-state index is 0.779. The summed E-state index contributed by atoms with van der Waals surface area (Å²) in [5.41, 5.74) is 3.09. The molecular formula is C19H28O. The van der Waals surface area contributed by atoms with Gasteiger partial charge >= 0.3 is 0 Å². The molecule has 1 nitrogen and oxygen atoms in total. The SMILES string of the molecule is COc1cc(C2CCCCC2)cc(C2CCCCC2)c1. The van der Waals surface area contributed by atoms with E-state index in [0.717, 1.165) is 17.6 Å². The second kappa shape index (κ2) is 6.65. The highest BCUT2D eigenvalue weighted by Crippen LogP contribution is 2.39. The van der Waals surface area contributed by atoms with Crippen LogP contribution in [0.4, 0.5) is 0 Å². The Hall–Kier alpha value is -0.980. The number of benzene rings is 1. The summed E-state index contributed by atoms with van der Waals surface area (Å²) in [4.78, 5) is 0. The van der Waals surface area contributed by atoms with E-state index >= 15 is 0 Å². The molecular weight excluding hydrogens is 244 g/mol. The highest BCUT2D eigenvalue weighted by molar-refractivity contribution is 5.38. The van der Waals surface area contributed by atoms with Crippen molar-refractivity contribution in [3.05, 3.63) is 29.3 Å². The first-order valence-corrected chi connectivity index (χ1v) is 8.55. The van der Waals surface area contributed by atoms with E-state index in [1.165, 1.54) is 64.2 Å². The van der Waals surface area contributed by atoms with Crippen LogP contribution in [-0.2, 0) is 0 Å². The summed E-state index contributed by atoms with van der Waals surface area (Å²) in [6.07, 6.45) is 14.0. The van der Waals surface area contributed by atoms with Crippen LogP contribution in [0, 0.1) is 0 Å². The molecule has 1 aromatic carbocycles. The van der Waals surface area contributed by atoms with Crippen LogP contribution in [0.3, 0.4) is 0 Å². The Morgan fingerprint density at radius 1 is 0.700 bits per heavy atom. The molecule has 2 aliphatic carbocycles. The summed E-state index contributed by atoms with van der Waals surface area (Å²) in [7, 11) is 1.81. The number of rotatable bonds is 3. The molecule has 2 fully saturated rings. The van der Waals surface area contributed by atoms with Gasteiger partial charge in [-0.2, -0.15) is 0 Å². The molecule has 0 saturated heterocycles. The van der Waals surface area contributed by atoms with Gasteiger partial charge in [0.25, 0.3) is 0 Å². The number of ether oxygens (including phenoxy) is 1. The van der Waals surface area contributed by atoms with Crippen molar-refractivity contribution < 1.29 is 4.74 Å². The molecule has 0 atom stereocenters. The minimum absolute atomic E-state index is 0.779. The molecule has 1 heteroatoms. The van der Waals surface area contributed by atoms with E-state index in [1.807, 2.05) is 7.11 Å². The molecule has 0 spiro atoms. The van der Waals surface area contributed by atoms with Crippen molar-refractivity contribution in [2.24, 2.45) is 0 Å². The predicted molar refractivity (Wildman–Crippen MR) is 84.6 cm³/mol. The van der Waals surface area contributed by atoms with Gasteiger partial charge in [-0.3, -0.25) is 0 Å². The summed E-state index contributed by atoms with van der Waals surface area (Å²) in [5.74, 6) is 2.64. The van der Waals surface area contributed by atoms with Crippen molar-refractivity contribution in [1.29, 1.82) is 0 Å². The van der Waals surface area contributed by atoms with Crippen molar-refractivity contribution in [2.75, 3.05) is 7.11 Å². The lowest BCUT2D eigenvalue weighted by molar-refractivity contribution is 0.404. The Morgan fingerprint density at radius 2 is 1.15 bits per heavy atom. The second-order valence-corrected chi connectivity index (χ2v) is 6.71. The lowest BCUT2D eigenvalue weighted by Gasteiger charge is -2.26. The normalized spacial score (nSPS) is 21.9. The maximum absolute atomic E-state index is 5.58. The molecule has 0 aliphatic heterocycles. The van der Waals surface area contributed by atoms with Gasteiger partial charge in [-0.1, -0.05) is 44.6 Å². The summed E-state index contributed by atoms with van der Waals surface area (Å²) in [5, 5.41) is 0. The summed E-state index contributed by atoms with van der Waals surface area (Å²) in [6.45, 7) is 0. The zero-order valence-corrected chi connectivity index (χ0v) is 12.9. The average Bonchev–Trinajstić information content (AvgIpc) is 2.56. The van der Waals surface area contributed by atoms with Gasteiger partial charge in [-0.05, 0) is 60.8 Å². The summed E-state index contributed by atoms with van der Waals surface area (Å²) >= 11 is 0. The van der Waals surface area contributed by atoms with Gasteiger partial charge in [0.1, 0.15) is 5.75 Å². The molecule has 1 aromatic rings. The quantitative estimate of drug-likeness (QED) is 0.676. The fraction of sp³-hybridized carbons (Fsp3) is 0.684. The smallest absolute Gasteiger partial charge is 0.119 e. The molecule has 0 N–H and O–H groups in total. The molecule has 0 heterocycles. The van der Waals surface area contributed by atoms with Gasteiger partial charge < -0.3 is 4.74 Å². The van der Waals surface area contributed by atoms with E-state index in [-0.39, 0.29) is 0 Å². The monoisotopic (exact) mass is 272 g/mol. The maximum Gasteiger partial charge on any atom is 0.119 e. The van der Waals surface area contributed by atoms with Crippen molar-refractivity contribution >= 4 is 0 Å². The average molecular weight is 272 g/mol. The standard InChI is InChI=1S/C19H28O/c1-20-19-13-17(15-8-4-2-5-9-15)12-18(14-19)16-10-6-3-7-11-16/h12-16H,2-11H2,1H3. The minimum Gasteiger partial charge on any atom is -0.497 e. The Labute approximate surface area is 123 Å². The van der Waals surface area contributed by atoms with Crippen LogP contribution in [0.2, 0.25) is 0 Å². The van der Waals surface area contributed by atoms with Gasteiger partial charge in [0.15, 0.2) is 0 Å². The number of hydrogen-bond donors (Lipinski definition) is 0. The van der Waals surface area contributed by atoms with E-state index in [0.29, 0.717) is 0 Å². The summed E-state index contributed by atoms with van der Waals surface area (Å²) in [6, 6.07) is 7.10. The lowest BCUT2D eigenvalue weighted by Crippen LogP contribution is -2.08. The topological polar surface area (TPSA) is 9.23 Å². The van der Waals surface area contributed by atoms with Gasteiger partial charge in [0.05, 0.1) is 7.11 Å². The molecule has 20 heavy (non-hydrogen) atoms. The number of hydrogen-bond acceptors (Lipinski definition) is 1. The van der Waals surface area contributed by atoms with E-state index in [2.05, 4.69) is 18.2 Å². The highest BCUT2D eigenvalue weighted by atomic mass is 16.5. The van der Waals surface area contributed by atoms with Gasteiger partial charge in [0.2, 0.25) is 0 Å². The van der Waals surface area contributed by atoms with Crippen LogP contribution in [0.15, 0.2) is 18.2 Å². The molecule has 2 saturated carbocycles. The molecule has 0 aromatic heterocycles. The lowest BCUT2D eigenvalue weighted by atomic mass is 9.80. The van der Waals surface area contributed by atoms with Crippen LogP contribution in [0.25, 0.3) is 0 Å². The largest absolute Gasteiger partial charge is 0.497 e. The predicted octanol–water partition coefficient (Wildman–Crippen LogP) is 5.79. The zero-order chi connectivity index (χ0) is 13.8. The Bertz CT molecular complexity index is 389. The first-order chi connectivity index (χ1) is 9.86. The Morgan fingerprint density at radius 3 is 1.55 bits per heavy atom. The Kier molecular flexibility index (Phi) is 4.65. The Balaban J connectivity index is 1.85. The molecule has 0 unspecified atom stereocenters. The van der Waals surface area contributed by atoms with Crippen LogP contribution in [-0.4, -0.2) is 7.11 Å². The first kappa shape index (κ1) is 14.0. The van der Waals surface area contributed by atoms with E-state index in [4.69, 9.17) is 4.74 Å². The number of methoxy groups -OCH3 is 1. The summed E-state index contributed by atoms with van der Waals surface area (Å²) < 4.78 is 5.58. The second-order valence-electron chi connectivity index (χ2n) is 6.71. The molecule has 0 amide bonds. The highest BCUT2D eigenvalue weighted by Gasteiger charge is 2.20. The van der Waals surface area contributed by atoms with Crippen LogP contribution < -0.4 is 4.74 Å². The van der Waals surface area contributed by atoms with E-state index in [9.17, 15) is 0 Å². The fourth-order valence-electron chi connectivity index (χ4n) is 4.11. The molecule has 0 radical (unpaired) electrons. The van der Waals surface area contributed by atoms with Crippen molar-refractivity contribution in [2.45, 2.75) is 76.0 Å². The van der Waals surface area contributed by atoms with Crippen molar-refractivity contribution in [1.82, 2.24) is 0 Å². The third-order valence-electron chi connectivity index (χ3n) is 5.34.